The maximum atomic E-state index is 6.13. The van der Waals surface area contributed by atoms with E-state index in [1.165, 1.54) is 24.8 Å². The van der Waals surface area contributed by atoms with Crippen molar-refractivity contribution in [3.05, 3.63) is 40.9 Å². The minimum Gasteiger partial charge on any atom is -0.481 e. The molecule has 0 bridgehead atoms. The van der Waals surface area contributed by atoms with Crippen molar-refractivity contribution < 1.29 is 9.47 Å². The van der Waals surface area contributed by atoms with Crippen molar-refractivity contribution in [3.8, 4) is 5.88 Å². The van der Waals surface area contributed by atoms with Gasteiger partial charge in [-0.05, 0) is 42.8 Å². The van der Waals surface area contributed by atoms with Crippen LogP contribution in [0.4, 0.5) is 11.8 Å². The summed E-state index contributed by atoms with van der Waals surface area (Å²) in [6, 6.07) is 10.1. The van der Waals surface area contributed by atoms with Gasteiger partial charge in [0.1, 0.15) is 5.82 Å². The molecule has 1 aromatic heterocycles. The predicted octanol–water partition coefficient (Wildman–Crippen LogP) is 4.16. The minimum atomic E-state index is 0.0444. The molecule has 2 heterocycles. The second-order valence-electron chi connectivity index (χ2n) is 8.35. The van der Waals surface area contributed by atoms with Crippen LogP contribution in [0.5, 0.6) is 5.88 Å². The molecular formula is C23H30ClN5O2S. The predicted molar refractivity (Wildman–Crippen MR) is 132 cm³/mol. The summed E-state index contributed by atoms with van der Waals surface area (Å²) in [6.07, 6.45) is 5.96. The number of benzene rings is 1. The fourth-order valence-corrected chi connectivity index (χ4v) is 4.81. The van der Waals surface area contributed by atoms with Crippen LogP contribution < -0.4 is 20.3 Å². The molecule has 2 fully saturated rings. The van der Waals surface area contributed by atoms with Crippen LogP contribution in [0.15, 0.2) is 30.3 Å². The average molecular weight is 476 g/mol. The summed E-state index contributed by atoms with van der Waals surface area (Å²) < 4.78 is 10.8. The van der Waals surface area contributed by atoms with Crippen LogP contribution in [-0.4, -0.2) is 55.0 Å². The Kier molecular flexibility index (Phi) is 7.65. The lowest BCUT2D eigenvalue weighted by Crippen LogP contribution is -2.43. The summed E-state index contributed by atoms with van der Waals surface area (Å²) in [5.41, 5.74) is 1.35. The monoisotopic (exact) mass is 475 g/mol. The SMILES string of the molecule is COc1cc(N2CCOCC2)nc(NC(=S)NCC2(c3ccc(Cl)cc3)CCCCC2)n1. The Balaban J connectivity index is 1.45. The van der Waals surface area contributed by atoms with Crippen molar-refractivity contribution in [1.29, 1.82) is 0 Å². The molecule has 1 saturated carbocycles. The van der Waals surface area contributed by atoms with E-state index < -0.39 is 0 Å². The number of morpholine rings is 1. The standard InChI is InChI=1S/C23H30ClN5O2S/c1-30-20-15-19(29-11-13-31-14-12-29)26-21(27-20)28-22(32)25-16-23(9-3-2-4-10-23)17-5-7-18(24)8-6-17/h5-8,15H,2-4,9-14,16H2,1H3,(H2,25,26,27,28,32). The zero-order chi connectivity index (χ0) is 22.4. The molecule has 1 saturated heterocycles. The van der Waals surface area contributed by atoms with Crippen LogP contribution in [0.1, 0.15) is 37.7 Å². The normalized spacial score (nSPS) is 18.1. The van der Waals surface area contributed by atoms with Gasteiger partial charge >= 0.3 is 0 Å². The lowest BCUT2D eigenvalue weighted by molar-refractivity contribution is 0.122. The van der Waals surface area contributed by atoms with Gasteiger partial charge in [0.25, 0.3) is 0 Å². The number of nitrogens with one attached hydrogen (secondary N) is 2. The molecule has 1 aliphatic heterocycles. The fourth-order valence-electron chi connectivity index (χ4n) is 4.52. The van der Waals surface area contributed by atoms with E-state index in [0.29, 0.717) is 30.2 Å². The number of aromatic nitrogens is 2. The van der Waals surface area contributed by atoms with E-state index in [1.54, 1.807) is 7.11 Å². The zero-order valence-electron chi connectivity index (χ0n) is 18.4. The van der Waals surface area contributed by atoms with Gasteiger partial charge in [0.2, 0.25) is 11.8 Å². The minimum absolute atomic E-state index is 0.0444. The Morgan fingerprint density at radius 2 is 1.88 bits per heavy atom. The van der Waals surface area contributed by atoms with Gasteiger partial charge in [-0.2, -0.15) is 9.97 Å². The van der Waals surface area contributed by atoms with Crippen LogP contribution >= 0.6 is 23.8 Å². The molecule has 1 aliphatic carbocycles. The number of nitrogens with zero attached hydrogens (tertiary/aromatic N) is 3. The van der Waals surface area contributed by atoms with Gasteiger partial charge in [0.05, 0.1) is 20.3 Å². The lowest BCUT2D eigenvalue weighted by Gasteiger charge is -2.38. The number of ether oxygens (including phenoxy) is 2. The second kappa shape index (κ2) is 10.6. The molecule has 1 aromatic carbocycles. The Morgan fingerprint density at radius 1 is 1.16 bits per heavy atom. The van der Waals surface area contributed by atoms with Gasteiger partial charge in [0, 0.05) is 36.1 Å². The summed E-state index contributed by atoms with van der Waals surface area (Å²) >= 11 is 11.7. The number of methoxy groups -OCH3 is 1. The largest absolute Gasteiger partial charge is 0.481 e. The maximum Gasteiger partial charge on any atom is 0.234 e. The number of thiocarbonyl (C=S) groups is 1. The third-order valence-corrected chi connectivity index (χ3v) is 6.81. The molecule has 2 aromatic rings. The quantitative estimate of drug-likeness (QED) is 0.603. The van der Waals surface area contributed by atoms with Crippen LogP contribution in [-0.2, 0) is 10.2 Å². The molecule has 0 atom stereocenters. The van der Waals surface area contributed by atoms with Gasteiger partial charge in [-0.3, -0.25) is 0 Å². The van der Waals surface area contributed by atoms with Crippen LogP contribution in [0.3, 0.4) is 0 Å². The molecule has 32 heavy (non-hydrogen) atoms. The van der Waals surface area contributed by atoms with E-state index in [2.05, 4.69) is 37.6 Å². The van der Waals surface area contributed by atoms with Gasteiger partial charge in [-0.15, -0.1) is 0 Å². The lowest BCUT2D eigenvalue weighted by atomic mass is 9.69. The smallest absolute Gasteiger partial charge is 0.234 e. The first-order valence-corrected chi connectivity index (χ1v) is 11.9. The topological polar surface area (TPSA) is 71.5 Å². The van der Waals surface area contributed by atoms with E-state index in [4.69, 9.17) is 33.3 Å². The summed E-state index contributed by atoms with van der Waals surface area (Å²) in [5, 5.41) is 7.84. The third kappa shape index (κ3) is 5.60. The number of hydrogen-bond acceptors (Lipinski definition) is 6. The van der Waals surface area contributed by atoms with E-state index in [1.807, 2.05) is 18.2 Å². The second-order valence-corrected chi connectivity index (χ2v) is 9.19. The van der Waals surface area contributed by atoms with E-state index >= 15 is 0 Å². The summed E-state index contributed by atoms with van der Waals surface area (Å²) in [7, 11) is 1.60. The first-order chi connectivity index (χ1) is 15.6. The zero-order valence-corrected chi connectivity index (χ0v) is 20.0. The number of halogens is 1. The molecule has 2 N–H and O–H groups in total. The Labute approximate surface area is 199 Å². The number of anilines is 2. The van der Waals surface area contributed by atoms with E-state index in [0.717, 1.165) is 43.3 Å². The molecule has 4 rings (SSSR count). The summed E-state index contributed by atoms with van der Waals surface area (Å²) in [5.74, 6) is 1.72. The molecule has 0 radical (unpaired) electrons. The Bertz CT molecular complexity index is 915. The van der Waals surface area contributed by atoms with E-state index in [-0.39, 0.29) is 5.41 Å². The Morgan fingerprint density at radius 3 is 2.56 bits per heavy atom. The van der Waals surface area contributed by atoms with Crippen molar-refractivity contribution in [1.82, 2.24) is 15.3 Å². The van der Waals surface area contributed by atoms with Crippen molar-refractivity contribution >= 4 is 40.7 Å². The molecular weight excluding hydrogens is 446 g/mol. The number of hydrogen-bond donors (Lipinski definition) is 2. The third-order valence-electron chi connectivity index (χ3n) is 6.31. The molecule has 0 amide bonds. The van der Waals surface area contributed by atoms with Crippen molar-refractivity contribution in [2.75, 3.05) is 50.2 Å². The molecule has 0 unspecified atom stereocenters. The van der Waals surface area contributed by atoms with Gasteiger partial charge in [-0.1, -0.05) is 43.0 Å². The molecule has 9 heteroatoms. The van der Waals surface area contributed by atoms with Crippen LogP contribution in [0, 0.1) is 0 Å². The highest BCUT2D eigenvalue weighted by atomic mass is 35.5. The van der Waals surface area contributed by atoms with Gasteiger partial charge < -0.3 is 25.0 Å². The molecule has 7 nitrogen and oxygen atoms in total. The molecule has 0 spiro atoms. The Hall–Kier alpha value is -2.16. The van der Waals surface area contributed by atoms with Crippen molar-refractivity contribution in [2.24, 2.45) is 0 Å². The summed E-state index contributed by atoms with van der Waals surface area (Å²) in [4.78, 5) is 11.2. The van der Waals surface area contributed by atoms with Crippen molar-refractivity contribution in [2.45, 2.75) is 37.5 Å². The van der Waals surface area contributed by atoms with Crippen LogP contribution in [0.25, 0.3) is 0 Å². The highest BCUT2D eigenvalue weighted by Crippen LogP contribution is 2.39. The van der Waals surface area contributed by atoms with Gasteiger partial charge in [0.15, 0.2) is 5.11 Å². The first kappa shape index (κ1) is 23.0. The average Bonchev–Trinajstić information content (AvgIpc) is 2.84. The van der Waals surface area contributed by atoms with Gasteiger partial charge in [-0.25, -0.2) is 0 Å². The maximum absolute atomic E-state index is 6.13. The number of rotatable bonds is 6. The fraction of sp³-hybridized carbons (Fsp3) is 0.522. The van der Waals surface area contributed by atoms with Crippen molar-refractivity contribution in [3.63, 3.8) is 0 Å². The highest BCUT2D eigenvalue weighted by molar-refractivity contribution is 7.80. The molecule has 172 valence electrons. The first-order valence-electron chi connectivity index (χ1n) is 11.1. The molecule has 2 aliphatic rings. The van der Waals surface area contributed by atoms with Crippen LogP contribution in [0.2, 0.25) is 5.02 Å². The van der Waals surface area contributed by atoms with E-state index in [9.17, 15) is 0 Å². The highest BCUT2D eigenvalue weighted by Gasteiger charge is 2.34. The summed E-state index contributed by atoms with van der Waals surface area (Å²) in [6.45, 7) is 3.68.